The molecule has 0 spiro atoms. The highest BCUT2D eigenvalue weighted by atomic mass is 32.1. The molecule has 0 radical (unpaired) electrons. The molecule has 0 atom stereocenters. The van der Waals surface area contributed by atoms with E-state index in [0.29, 0.717) is 6.54 Å². The molecule has 16 heavy (non-hydrogen) atoms. The maximum absolute atomic E-state index is 5.82. The number of aromatic nitrogens is 1. The largest absolute Gasteiger partial charge is 0.497 e. The Kier molecular flexibility index (Phi) is 2.16. The summed E-state index contributed by atoms with van der Waals surface area (Å²) in [5, 5.41) is 1.19. The van der Waals surface area contributed by atoms with Crippen LogP contribution in [0.2, 0.25) is 0 Å². The van der Waals surface area contributed by atoms with Crippen molar-refractivity contribution < 1.29 is 4.74 Å². The van der Waals surface area contributed by atoms with Crippen molar-refractivity contribution in [2.75, 3.05) is 13.7 Å². The van der Waals surface area contributed by atoms with Crippen molar-refractivity contribution in [3.63, 3.8) is 0 Å². The summed E-state index contributed by atoms with van der Waals surface area (Å²) in [7, 11) is 1.68. The van der Waals surface area contributed by atoms with E-state index in [4.69, 9.17) is 10.5 Å². The molecule has 0 bridgehead atoms. The second-order valence-corrected chi connectivity index (χ2v) is 5.37. The van der Waals surface area contributed by atoms with Crippen LogP contribution in [-0.4, -0.2) is 18.6 Å². The normalized spacial score (nSPS) is 17.6. The topological polar surface area (TPSA) is 48.1 Å². The minimum atomic E-state index is 0.191. The van der Waals surface area contributed by atoms with Gasteiger partial charge in [-0.05, 0) is 25.0 Å². The molecule has 3 rings (SSSR count). The van der Waals surface area contributed by atoms with E-state index in [9.17, 15) is 0 Å². The maximum Gasteiger partial charge on any atom is 0.121 e. The number of hydrogen-bond donors (Lipinski definition) is 1. The first-order chi connectivity index (χ1) is 7.77. The first-order valence-corrected chi connectivity index (χ1v) is 6.24. The molecule has 1 aliphatic rings. The maximum atomic E-state index is 5.82. The van der Waals surface area contributed by atoms with Crippen LogP contribution < -0.4 is 10.5 Å². The summed E-state index contributed by atoms with van der Waals surface area (Å²) in [6.45, 7) is 0.712. The smallest absolute Gasteiger partial charge is 0.121 e. The van der Waals surface area contributed by atoms with E-state index < -0.39 is 0 Å². The number of ether oxygens (including phenoxy) is 1. The summed E-state index contributed by atoms with van der Waals surface area (Å²) in [4.78, 5) is 4.68. The third kappa shape index (κ3) is 1.41. The van der Waals surface area contributed by atoms with Gasteiger partial charge in [-0.15, -0.1) is 11.3 Å². The zero-order chi connectivity index (χ0) is 11.2. The summed E-state index contributed by atoms with van der Waals surface area (Å²) in [6, 6.07) is 6.04. The predicted octanol–water partition coefficient (Wildman–Crippen LogP) is 2.30. The Bertz CT molecular complexity index is 531. The highest BCUT2D eigenvalue weighted by molar-refractivity contribution is 7.18. The quantitative estimate of drug-likeness (QED) is 0.886. The van der Waals surface area contributed by atoms with Crippen LogP contribution in [0.15, 0.2) is 18.2 Å². The van der Waals surface area contributed by atoms with Gasteiger partial charge in [-0.1, -0.05) is 0 Å². The Hall–Kier alpha value is -1.13. The standard InChI is InChI=1S/C12H14N2OS/c1-15-8-2-3-10-9(6-8)14-11(16-10)12(7-13)4-5-12/h2-3,6H,4-5,7,13H2,1H3. The van der Waals surface area contributed by atoms with E-state index in [1.54, 1.807) is 18.4 Å². The van der Waals surface area contributed by atoms with Crippen molar-refractivity contribution in [2.45, 2.75) is 18.3 Å². The van der Waals surface area contributed by atoms with Crippen LogP contribution >= 0.6 is 11.3 Å². The summed E-state index contributed by atoms with van der Waals surface area (Å²) in [5.74, 6) is 0.863. The van der Waals surface area contributed by atoms with Gasteiger partial charge in [0.15, 0.2) is 0 Å². The van der Waals surface area contributed by atoms with Gasteiger partial charge in [0.1, 0.15) is 10.8 Å². The van der Waals surface area contributed by atoms with Crippen LogP contribution in [-0.2, 0) is 5.41 Å². The van der Waals surface area contributed by atoms with Gasteiger partial charge < -0.3 is 10.5 Å². The van der Waals surface area contributed by atoms with Crippen LogP contribution in [0.4, 0.5) is 0 Å². The van der Waals surface area contributed by atoms with Crippen LogP contribution in [0.1, 0.15) is 17.8 Å². The summed E-state index contributed by atoms with van der Waals surface area (Å²) in [6.07, 6.45) is 2.36. The second-order valence-electron chi connectivity index (χ2n) is 4.34. The molecule has 1 saturated carbocycles. The molecule has 3 nitrogen and oxygen atoms in total. The average Bonchev–Trinajstić information content (AvgIpc) is 3.01. The molecular weight excluding hydrogens is 220 g/mol. The number of benzene rings is 1. The number of hydrogen-bond acceptors (Lipinski definition) is 4. The van der Waals surface area contributed by atoms with Gasteiger partial charge in [0.2, 0.25) is 0 Å². The molecule has 1 aromatic heterocycles. The number of methoxy groups -OCH3 is 1. The van der Waals surface area contributed by atoms with Crippen molar-refractivity contribution >= 4 is 21.6 Å². The molecule has 1 fully saturated rings. The Labute approximate surface area is 98.2 Å². The number of thiazole rings is 1. The molecule has 2 N–H and O–H groups in total. The van der Waals surface area contributed by atoms with E-state index in [-0.39, 0.29) is 5.41 Å². The SMILES string of the molecule is COc1ccc2sc(C3(CN)CC3)nc2c1. The monoisotopic (exact) mass is 234 g/mol. The van der Waals surface area contributed by atoms with Crippen molar-refractivity contribution in [1.82, 2.24) is 4.98 Å². The first kappa shape index (κ1) is 10.1. The summed E-state index contributed by atoms with van der Waals surface area (Å²) < 4.78 is 6.42. The lowest BCUT2D eigenvalue weighted by atomic mass is 10.1. The van der Waals surface area contributed by atoms with Crippen LogP contribution in [0.5, 0.6) is 5.75 Å². The molecule has 0 amide bonds. The molecule has 0 saturated heterocycles. The highest BCUT2D eigenvalue weighted by Gasteiger charge is 2.45. The van der Waals surface area contributed by atoms with Gasteiger partial charge in [-0.2, -0.15) is 0 Å². The van der Waals surface area contributed by atoms with Crippen LogP contribution in [0.3, 0.4) is 0 Å². The highest BCUT2D eigenvalue weighted by Crippen LogP contribution is 2.49. The van der Waals surface area contributed by atoms with E-state index in [2.05, 4.69) is 11.1 Å². The van der Waals surface area contributed by atoms with E-state index in [1.165, 1.54) is 22.5 Å². The minimum Gasteiger partial charge on any atom is -0.497 e. The van der Waals surface area contributed by atoms with E-state index >= 15 is 0 Å². The Morgan fingerprint density at radius 3 is 2.94 bits per heavy atom. The molecule has 2 aromatic rings. The van der Waals surface area contributed by atoms with Gasteiger partial charge in [0.05, 0.1) is 17.3 Å². The Balaban J connectivity index is 2.09. The fraction of sp³-hybridized carbons (Fsp3) is 0.417. The predicted molar refractivity (Wildman–Crippen MR) is 66.1 cm³/mol. The van der Waals surface area contributed by atoms with E-state index in [1.807, 2.05) is 12.1 Å². The third-order valence-electron chi connectivity index (χ3n) is 3.29. The number of rotatable bonds is 3. The Morgan fingerprint density at radius 1 is 1.50 bits per heavy atom. The number of nitrogens with zero attached hydrogens (tertiary/aromatic N) is 1. The van der Waals surface area contributed by atoms with Gasteiger partial charge in [0.25, 0.3) is 0 Å². The van der Waals surface area contributed by atoms with Crippen LogP contribution in [0, 0.1) is 0 Å². The molecule has 1 aliphatic carbocycles. The van der Waals surface area contributed by atoms with E-state index in [0.717, 1.165) is 11.3 Å². The molecule has 1 aromatic carbocycles. The zero-order valence-electron chi connectivity index (χ0n) is 9.19. The summed E-state index contributed by atoms with van der Waals surface area (Å²) >= 11 is 1.76. The third-order valence-corrected chi connectivity index (χ3v) is 4.58. The fourth-order valence-electron chi connectivity index (χ4n) is 1.92. The summed E-state index contributed by atoms with van der Waals surface area (Å²) in [5.41, 5.74) is 7.04. The number of fused-ring (bicyclic) bond motifs is 1. The number of nitrogens with two attached hydrogens (primary N) is 1. The van der Waals surface area contributed by atoms with Crippen molar-refractivity contribution in [1.29, 1.82) is 0 Å². The lowest BCUT2D eigenvalue weighted by Gasteiger charge is -2.05. The molecule has 84 valence electrons. The Morgan fingerprint density at radius 2 is 2.31 bits per heavy atom. The molecule has 1 heterocycles. The van der Waals surface area contributed by atoms with Gasteiger partial charge in [0, 0.05) is 18.0 Å². The van der Waals surface area contributed by atoms with Crippen molar-refractivity contribution in [3.05, 3.63) is 23.2 Å². The van der Waals surface area contributed by atoms with Gasteiger partial charge in [-0.25, -0.2) is 4.98 Å². The second kappa shape index (κ2) is 3.43. The molecule has 4 heteroatoms. The average molecular weight is 234 g/mol. The molecule has 0 unspecified atom stereocenters. The van der Waals surface area contributed by atoms with Crippen molar-refractivity contribution in [3.8, 4) is 5.75 Å². The molecular formula is C12H14N2OS. The minimum absolute atomic E-state index is 0.191. The zero-order valence-corrected chi connectivity index (χ0v) is 10.0. The lowest BCUT2D eigenvalue weighted by molar-refractivity contribution is 0.415. The van der Waals surface area contributed by atoms with Crippen LogP contribution in [0.25, 0.3) is 10.2 Å². The first-order valence-electron chi connectivity index (χ1n) is 5.42. The van der Waals surface area contributed by atoms with Crippen molar-refractivity contribution in [2.24, 2.45) is 5.73 Å². The van der Waals surface area contributed by atoms with Gasteiger partial charge >= 0.3 is 0 Å². The fourth-order valence-corrected chi connectivity index (χ4v) is 3.12. The molecule has 0 aliphatic heterocycles. The lowest BCUT2D eigenvalue weighted by Crippen LogP contribution is -2.19. The van der Waals surface area contributed by atoms with Gasteiger partial charge in [-0.3, -0.25) is 0 Å².